The van der Waals surface area contributed by atoms with Gasteiger partial charge in [0.1, 0.15) is 5.82 Å². The third-order valence-corrected chi connectivity index (χ3v) is 6.84. The SMILES string of the molecule is O=S1(=O)CCC(Nc2ccc3ncc(Cc4ccc5ncccc5c4)n3n2)C1. The number of anilines is 1. The number of pyridine rings is 1. The Morgan fingerprint density at radius 3 is 2.93 bits per heavy atom. The lowest BCUT2D eigenvalue weighted by Crippen LogP contribution is -2.21. The molecule has 5 rings (SSSR count). The Morgan fingerprint density at radius 2 is 2.07 bits per heavy atom. The van der Waals surface area contributed by atoms with Crippen LogP contribution >= 0.6 is 0 Å². The molecule has 0 saturated carbocycles. The molecule has 0 bridgehead atoms. The van der Waals surface area contributed by atoms with Crippen molar-refractivity contribution in [2.24, 2.45) is 0 Å². The third-order valence-electron chi connectivity index (χ3n) is 5.07. The van der Waals surface area contributed by atoms with Crippen molar-refractivity contribution < 1.29 is 8.42 Å². The van der Waals surface area contributed by atoms with Crippen LogP contribution in [0.1, 0.15) is 17.7 Å². The molecule has 142 valence electrons. The van der Waals surface area contributed by atoms with E-state index in [1.807, 2.05) is 35.0 Å². The van der Waals surface area contributed by atoms with Gasteiger partial charge in [0.15, 0.2) is 15.5 Å². The Morgan fingerprint density at radius 1 is 1.14 bits per heavy atom. The van der Waals surface area contributed by atoms with Gasteiger partial charge in [-0.1, -0.05) is 12.1 Å². The molecule has 1 aromatic carbocycles. The largest absolute Gasteiger partial charge is 0.365 e. The van der Waals surface area contributed by atoms with Gasteiger partial charge in [-0.3, -0.25) is 4.98 Å². The number of nitrogens with one attached hydrogen (secondary N) is 1. The summed E-state index contributed by atoms with van der Waals surface area (Å²) in [5.74, 6) is 1.06. The molecular formula is C20H19N5O2S. The predicted octanol–water partition coefficient (Wildman–Crippen LogP) is 2.47. The van der Waals surface area contributed by atoms with E-state index in [9.17, 15) is 8.42 Å². The van der Waals surface area contributed by atoms with Crippen LogP contribution in [-0.2, 0) is 16.3 Å². The van der Waals surface area contributed by atoms with Gasteiger partial charge in [0, 0.05) is 24.0 Å². The van der Waals surface area contributed by atoms with E-state index in [-0.39, 0.29) is 17.5 Å². The normalized spacial score (nSPS) is 18.6. The van der Waals surface area contributed by atoms with E-state index >= 15 is 0 Å². The first kappa shape index (κ1) is 17.1. The molecule has 0 radical (unpaired) electrons. The number of hydrogen-bond donors (Lipinski definition) is 1. The molecule has 1 saturated heterocycles. The summed E-state index contributed by atoms with van der Waals surface area (Å²) in [5.41, 5.74) is 3.87. The average Bonchev–Trinajstić information content (AvgIpc) is 3.24. The van der Waals surface area contributed by atoms with Crippen molar-refractivity contribution in [2.75, 3.05) is 16.8 Å². The van der Waals surface area contributed by atoms with Crippen molar-refractivity contribution in [3.63, 3.8) is 0 Å². The number of nitrogens with zero attached hydrogens (tertiary/aromatic N) is 4. The highest BCUT2D eigenvalue weighted by atomic mass is 32.2. The molecule has 1 atom stereocenters. The molecule has 1 N–H and O–H groups in total. The van der Waals surface area contributed by atoms with E-state index < -0.39 is 9.84 Å². The molecule has 4 aromatic rings. The fourth-order valence-corrected chi connectivity index (χ4v) is 5.35. The number of hydrogen-bond acceptors (Lipinski definition) is 6. The summed E-state index contributed by atoms with van der Waals surface area (Å²) in [7, 11) is -2.93. The second kappa shape index (κ2) is 6.56. The number of benzene rings is 1. The highest BCUT2D eigenvalue weighted by Crippen LogP contribution is 2.19. The van der Waals surface area contributed by atoms with Crippen LogP contribution < -0.4 is 5.32 Å². The molecule has 1 unspecified atom stereocenters. The summed E-state index contributed by atoms with van der Waals surface area (Å²) < 4.78 is 25.2. The minimum Gasteiger partial charge on any atom is -0.365 e. The second-order valence-electron chi connectivity index (χ2n) is 7.19. The van der Waals surface area contributed by atoms with Crippen LogP contribution in [0.5, 0.6) is 0 Å². The number of fused-ring (bicyclic) bond motifs is 2. The number of imidazole rings is 1. The molecule has 0 aliphatic carbocycles. The summed E-state index contributed by atoms with van der Waals surface area (Å²) in [6.07, 6.45) is 4.93. The molecule has 7 nitrogen and oxygen atoms in total. The van der Waals surface area contributed by atoms with Gasteiger partial charge in [0.25, 0.3) is 0 Å². The Balaban J connectivity index is 1.42. The quantitative estimate of drug-likeness (QED) is 0.573. The first-order chi connectivity index (χ1) is 13.6. The molecule has 28 heavy (non-hydrogen) atoms. The maximum Gasteiger partial charge on any atom is 0.153 e. The van der Waals surface area contributed by atoms with Crippen LogP contribution in [0, 0.1) is 0 Å². The minimum absolute atomic E-state index is 0.0880. The van der Waals surface area contributed by atoms with Crippen molar-refractivity contribution >= 4 is 32.2 Å². The van der Waals surface area contributed by atoms with Crippen LogP contribution in [0.2, 0.25) is 0 Å². The standard InChI is InChI=1S/C20H19N5O2S/c26-28(27)9-7-16(13-28)23-19-5-6-20-22-12-17(25(20)24-19)11-14-3-4-18-15(10-14)2-1-8-21-18/h1-6,8,10,12,16H,7,9,11,13H2,(H,23,24). The average molecular weight is 393 g/mol. The van der Waals surface area contributed by atoms with Crippen LogP contribution in [-0.4, -0.2) is 45.5 Å². The summed E-state index contributed by atoms with van der Waals surface area (Å²) in [4.78, 5) is 8.80. The smallest absolute Gasteiger partial charge is 0.153 e. The van der Waals surface area contributed by atoms with Gasteiger partial charge in [-0.15, -0.1) is 5.10 Å². The first-order valence-electron chi connectivity index (χ1n) is 9.20. The van der Waals surface area contributed by atoms with Gasteiger partial charge in [-0.2, -0.15) is 0 Å². The molecule has 1 aliphatic heterocycles. The Hall–Kier alpha value is -3.00. The summed E-state index contributed by atoms with van der Waals surface area (Å²) in [6.45, 7) is 0. The lowest BCUT2D eigenvalue weighted by atomic mass is 10.1. The first-order valence-corrected chi connectivity index (χ1v) is 11.0. The molecule has 0 spiro atoms. The van der Waals surface area contributed by atoms with Crippen LogP contribution in [0.3, 0.4) is 0 Å². The molecule has 1 aliphatic rings. The maximum atomic E-state index is 11.7. The van der Waals surface area contributed by atoms with E-state index in [2.05, 4.69) is 38.6 Å². The molecular weight excluding hydrogens is 374 g/mol. The number of aromatic nitrogens is 4. The van der Waals surface area contributed by atoms with Crippen LogP contribution in [0.15, 0.2) is 54.9 Å². The van der Waals surface area contributed by atoms with Gasteiger partial charge in [0.05, 0.1) is 28.9 Å². The zero-order valence-corrected chi connectivity index (χ0v) is 15.9. The molecule has 3 aromatic heterocycles. The highest BCUT2D eigenvalue weighted by Gasteiger charge is 2.28. The third kappa shape index (κ3) is 3.31. The van der Waals surface area contributed by atoms with Gasteiger partial charge >= 0.3 is 0 Å². The molecule has 4 heterocycles. The number of rotatable bonds is 4. The summed E-state index contributed by atoms with van der Waals surface area (Å²) in [5, 5.41) is 8.99. The fourth-order valence-electron chi connectivity index (χ4n) is 3.68. The van der Waals surface area contributed by atoms with Crippen molar-refractivity contribution in [3.8, 4) is 0 Å². The Kier molecular flexibility index (Phi) is 4.01. The van der Waals surface area contributed by atoms with Gasteiger partial charge in [0.2, 0.25) is 0 Å². The predicted molar refractivity (Wildman–Crippen MR) is 108 cm³/mol. The van der Waals surface area contributed by atoms with Crippen molar-refractivity contribution in [1.82, 2.24) is 19.6 Å². The van der Waals surface area contributed by atoms with E-state index in [0.717, 1.165) is 27.8 Å². The van der Waals surface area contributed by atoms with E-state index in [0.29, 0.717) is 18.7 Å². The minimum atomic E-state index is -2.93. The van der Waals surface area contributed by atoms with Gasteiger partial charge in [-0.25, -0.2) is 17.9 Å². The summed E-state index contributed by atoms with van der Waals surface area (Å²) >= 11 is 0. The highest BCUT2D eigenvalue weighted by molar-refractivity contribution is 7.91. The van der Waals surface area contributed by atoms with E-state index in [1.165, 1.54) is 0 Å². The molecule has 1 fully saturated rings. The fraction of sp³-hybridized carbons (Fsp3) is 0.250. The zero-order valence-electron chi connectivity index (χ0n) is 15.1. The van der Waals surface area contributed by atoms with Crippen LogP contribution in [0.25, 0.3) is 16.6 Å². The van der Waals surface area contributed by atoms with Gasteiger partial charge < -0.3 is 5.32 Å². The topological polar surface area (TPSA) is 89.2 Å². The summed E-state index contributed by atoms with van der Waals surface area (Å²) in [6, 6.07) is 13.9. The monoisotopic (exact) mass is 393 g/mol. The van der Waals surface area contributed by atoms with Crippen LogP contribution in [0.4, 0.5) is 5.82 Å². The molecule has 0 amide bonds. The van der Waals surface area contributed by atoms with Gasteiger partial charge in [-0.05, 0) is 42.3 Å². The van der Waals surface area contributed by atoms with E-state index in [4.69, 9.17) is 0 Å². The van der Waals surface area contributed by atoms with E-state index in [1.54, 1.807) is 6.20 Å². The van der Waals surface area contributed by atoms with Crippen molar-refractivity contribution in [1.29, 1.82) is 0 Å². The second-order valence-corrected chi connectivity index (χ2v) is 9.42. The Bertz CT molecular complexity index is 1280. The Labute approximate surface area is 162 Å². The lowest BCUT2D eigenvalue weighted by molar-refractivity contribution is 0.602. The zero-order chi connectivity index (χ0) is 19.1. The van der Waals surface area contributed by atoms with Crippen molar-refractivity contribution in [2.45, 2.75) is 18.9 Å². The van der Waals surface area contributed by atoms with Crippen molar-refractivity contribution in [3.05, 3.63) is 66.1 Å². The maximum absolute atomic E-state index is 11.7. The lowest BCUT2D eigenvalue weighted by Gasteiger charge is -2.12. The molecule has 8 heteroatoms. The number of sulfone groups is 1.